The molecule has 2 aromatic carbocycles. The maximum Gasteiger partial charge on any atom is 0.342 e. The summed E-state index contributed by atoms with van der Waals surface area (Å²) in [6.07, 6.45) is 1.72. The fraction of sp³-hybridized carbons (Fsp3) is 0.304. The lowest BCUT2D eigenvalue weighted by molar-refractivity contribution is 0.0604. The van der Waals surface area contributed by atoms with Crippen molar-refractivity contribution < 1.29 is 18.7 Å². The molecule has 0 fully saturated rings. The Morgan fingerprint density at radius 1 is 1.27 bits per heavy atom. The average molecular weight is 409 g/mol. The average Bonchev–Trinajstić information content (AvgIpc) is 3.11. The Morgan fingerprint density at radius 3 is 2.63 bits per heavy atom. The molecule has 7 heteroatoms. The number of ether oxygens (including phenoxy) is 2. The molecule has 1 heterocycles. The van der Waals surface area contributed by atoms with Gasteiger partial charge in [-0.1, -0.05) is 19.4 Å². The number of benzene rings is 2. The monoisotopic (exact) mass is 409 g/mol. The number of fused-ring (bicyclic) bond motifs is 1. The smallest absolute Gasteiger partial charge is 0.342 e. The van der Waals surface area contributed by atoms with E-state index >= 15 is 0 Å². The molecule has 1 atom stereocenters. The van der Waals surface area contributed by atoms with E-state index in [-0.39, 0.29) is 11.8 Å². The van der Waals surface area contributed by atoms with Crippen LogP contribution in [0.5, 0.6) is 5.75 Å². The minimum Gasteiger partial charge on any atom is -0.494 e. The van der Waals surface area contributed by atoms with E-state index in [4.69, 9.17) is 9.47 Å². The summed E-state index contributed by atoms with van der Waals surface area (Å²) in [7, 11) is 2.73. The first-order valence-corrected chi connectivity index (χ1v) is 9.72. The number of hydrogen-bond acceptors (Lipinski definition) is 5. The molecule has 30 heavy (non-hydrogen) atoms. The van der Waals surface area contributed by atoms with Gasteiger partial charge in [0.1, 0.15) is 11.4 Å². The van der Waals surface area contributed by atoms with E-state index < -0.39 is 11.8 Å². The predicted molar refractivity (Wildman–Crippen MR) is 114 cm³/mol. The number of carbonyl (C=O) groups excluding carboxylic acids is 1. The van der Waals surface area contributed by atoms with Crippen LogP contribution < -0.4 is 9.64 Å². The molecule has 0 amide bonds. The lowest BCUT2D eigenvalue weighted by Crippen LogP contribution is -2.30. The normalized spacial score (nSPS) is 11.7. The van der Waals surface area contributed by atoms with Gasteiger partial charge in [-0.3, -0.25) is 0 Å². The van der Waals surface area contributed by atoms with Gasteiger partial charge in [-0.25, -0.2) is 9.18 Å². The molecule has 1 aromatic heterocycles. The number of aromatic amines is 1. The van der Waals surface area contributed by atoms with Crippen molar-refractivity contribution in [1.29, 1.82) is 5.26 Å². The van der Waals surface area contributed by atoms with Gasteiger partial charge in [0.05, 0.1) is 25.9 Å². The number of H-pyrrole nitrogens is 1. The number of esters is 1. The van der Waals surface area contributed by atoms with Crippen LogP contribution in [-0.4, -0.2) is 31.2 Å². The first-order chi connectivity index (χ1) is 14.4. The summed E-state index contributed by atoms with van der Waals surface area (Å²) >= 11 is 0. The highest BCUT2D eigenvalue weighted by molar-refractivity contribution is 6.10. The van der Waals surface area contributed by atoms with Gasteiger partial charge >= 0.3 is 5.97 Å². The quantitative estimate of drug-likeness (QED) is 0.536. The van der Waals surface area contributed by atoms with Crippen LogP contribution in [0.3, 0.4) is 0 Å². The zero-order valence-corrected chi connectivity index (χ0v) is 17.5. The van der Waals surface area contributed by atoms with Crippen molar-refractivity contribution >= 4 is 28.4 Å². The lowest BCUT2D eigenvalue weighted by Gasteiger charge is -2.31. The summed E-state index contributed by atoms with van der Waals surface area (Å²) in [5, 5.41) is 9.87. The van der Waals surface area contributed by atoms with E-state index in [0.29, 0.717) is 33.5 Å². The summed E-state index contributed by atoms with van der Waals surface area (Å²) in [5.41, 5.74) is 2.02. The third-order valence-electron chi connectivity index (χ3n) is 5.10. The Balaban J connectivity index is 2.28. The third kappa shape index (κ3) is 3.81. The van der Waals surface area contributed by atoms with Crippen molar-refractivity contribution in [2.75, 3.05) is 19.1 Å². The van der Waals surface area contributed by atoms with Gasteiger partial charge in [0.15, 0.2) is 11.6 Å². The highest BCUT2D eigenvalue weighted by Gasteiger charge is 2.28. The topological polar surface area (TPSA) is 78.4 Å². The van der Waals surface area contributed by atoms with Crippen molar-refractivity contribution in [2.45, 2.75) is 32.7 Å². The summed E-state index contributed by atoms with van der Waals surface area (Å²) in [5.74, 6) is -0.363. The van der Waals surface area contributed by atoms with Crippen LogP contribution in [0.25, 0.3) is 10.9 Å². The van der Waals surface area contributed by atoms with Gasteiger partial charge in [-0.15, -0.1) is 0 Å². The molecule has 0 radical (unpaired) electrons. The highest BCUT2D eigenvalue weighted by atomic mass is 19.1. The summed E-state index contributed by atoms with van der Waals surface area (Å²) in [4.78, 5) is 17.9. The van der Waals surface area contributed by atoms with Gasteiger partial charge in [0, 0.05) is 28.7 Å². The summed E-state index contributed by atoms with van der Waals surface area (Å²) in [6, 6.07) is 11.8. The Kier molecular flexibility index (Phi) is 6.26. The molecule has 0 aliphatic rings. The molecule has 0 aliphatic carbocycles. The molecule has 3 aromatic rings. The molecule has 0 saturated heterocycles. The molecule has 1 unspecified atom stereocenters. The number of anilines is 2. The van der Waals surface area contributed by atoms with E-state index in [9.17, 15) is 14.4 Å². The molecule has 0 spiro atoms. The number of nitriles is 1. The van der Waals surface area contributed by atoms with E-state index in [2.05, 4.69) is 18.0 Å². The molecule has 156 valence electrons. The highest BCUT2D eigenvalue weighted by Crippen LogP contribution is 2.38. The van der Waals surface area contributed by atoms with Gasteiger partial charge in [-0.05, 0) is 37.6 Å². The Hall–Kier alpha value is -3.53. The summed E-state index contributed by atoms with van der Waals surface area (Å²) in [6.45, 7) is 4.08. The second kappa shape index (κ2) is 8.87. The number of hydrogen-bond donors (Lipinski definition) is 1. The molecule has 3 rings (SSSR count). The maximum absolute atomic E-state index is 14.5. The fourth-order valence-corrected chi connectivity index (χ4v) is 3.70. The van der Waals surface area contributed by atoms with Crippen molar-refractivity contribution in [3.63, 3.8) is 0 Å². The molecular formula is C23H24FN3O3. The van der Waals surface area contributed by atoms with E-state index in [1.54, 1.807) is 30.3 Å². The van der Waals surface area contributed by atoms with Crippen LogP contribution in [-0.2, 0) is 4.74 Å². The SMILES string of the molecule is CCCC(C)N(c1ccc(OC)c(F)c1)c1[nH]c2cc(C#N)ccc2c1C(=O)OC. The standard InChI is InChI=1S/C23H24FN3O3/c1-5-6-14(2)27(16-8-10-20(29-3)18(24)12-16)22-21(23(28)30-4)17-9-7-15(13-25)11-19(17)26-22/h7-12,14,26H,5-6H2,1-4H3. The largest absolute Gasteiger partial charge is 0.494 e. The van der Waals surface area contributed by atoms with Crippen LogP contribution in [0.15, 0.2) is 36.4 Å². The van der Waals surface area contributed by atoms with E-state index in [1.165, 1.54) is 20.3 Å². The fourth-order valence-electron chi connectivity index (χ4n) is 3.70. The molecule has 0 bridgehead atoms. The zero-order chi connectivity index (χ0) is 21.8. The van der Waals surface area contributed by atoms with Gasteiger partial charge < -0.3 is 19.4 Å². The van der Waals surface area contributed by atoms with Gasteiger partial charge in [0.2, 0.25) is 0 Å². The van der Waals surface area contributed by atoms with Gasteiger partial charge in [-0.2, -0.15) is 5.26 Å². The van der Waals surface area contributed by atoms with Crippen LogP contribution in [0.1, 0.15) is 42.6 Å². The molecular weight excluding hydrogens is 385 g/mol. The van der Waals surface area contributed by atoms with Crippen molar-refractivity contribution in [3.8, 4) is 11.8 Å². The number of nitrogens with one attached hydrogen (secondary N) is 1. The van der Waals surface area contributed by atoms with Crippen LogP contribution in [0.2, 0.25) is 0 Å². The Bertz CT molecular complexity index is 1120. The second-order valence-electron chi connectivity index (χ2n) is 7.04. The minimum absolute atomic E-state index is 0.0466. The second-order valence-corrected chi connectivity index (χ2v) is 7.04. The number of methoxy groups -OCH3 is 2. The van der Waals surface area contributed by atoms with Crippen molar-refractivity contribution in [3.05, 3.63) is 53.3 Å². The third-order valence-corrected chi connectivity index (χ3v) is 5.10. The molecule has 0 aliphatic heterocycles. The van der Waals surface area contributed by atoms with Crippen LogP contribution >= 0.6 is 0 Å². The number of nitrogens with zero attached hydrogens (tertiary/aromatic N) is 2. The van der Waals surface area contributed by atoms with Crippen LogP contribution in [0, 0.1) is 17.1 Å². The number of rotatable bonds is 7. The molecule has 0 saturated carbocycles. The first kappa shape index (κ1) is 21.2. The molecule has 6 nitrogen and oxygen atoms in total. The number of halogens is 1. The zero-order valence-electron chi connectivity index (χ0n) is 17.5. The summed E-state index contributed by atoms with van der Waals surface area (Å²) < 4.78 is 24.6. The number of carbonyl (C=O) groups is 1. The minimum atomic E-state index is -0.511. The number of aromatic nitrogens is 1. The van der Waals surface area contributed by atoms with E-state index in [0.717, 1.165) is 12.8 Å². The van der Waals surface area contributed by atoms with Crippen molar-refractivity contribution in [2.24, 2.45) is 0 Å². The Morgan fingerprint density at radius 2 is 2.03 bits per heavy atom. The van der Waals surface area contributed by atoms with Crippen molar-refractivity contribution in [1.82, 2.24) is 4.98 Å². The molecule has 1 N–H and O–H groups in total. The Labute approximate surface area is 174 Å². The predicted octanol–water partition coefficient (Wildman–Crippen LogP) is 5.30. The van der Waals surface area contributed by atoms with E-state index in [1.807, 2.05) is 11.8 Å². The first-order valence-electron chi connectivity index (χ1n) is 9.72. The lowest BCUT2D eigenvalue weighted by atomic mass is 10.1. The maximum atomic E-state index is 14.5. The van der Waals surface area contributed by atoms with Crippen LogP contribution in [0.4, 0.5) is 15.9 Å². The van der Waals surface area contributed by atoms with Gasteiger partial charge in [0.25, 0.3) is 0 Å².